The van der Waals surface area contributed by atoms with Crippen LogP contribution in [-0.2, 0) is 0 Å². The maximum absolute atomic E-state index is 5.52. The van der Waals surface area contributed by atoms with E-state index in [-0.39, 0.29) is 56.7 Å². The van der Waals surface area contributed by atoms with E-state index in [1.165, 1.54) is 6.33 Å². The van der Waals surface area contributed by atoms with Crippen LogP contribution in [-0.4, -0.2) is 19.9 Å². The van der Waals surface area contributed by atoms with Gasteiger partial charge in [0.2, 0.25) is 5.28 Å². The standard InChI is InChI=1S/C5H4ClN5.K/c6-5-10-3(7)2-4(11-5)9-1-8-2;/h1H,(H3,7,8,9,10,11);/q;+1. The van der Waals surface area contributed by atoms with Crippen molar-refractivity contribution < 1.29 is 51.4 Å². The van der Waals surface area contributed by atoms with Gasteiger partial charge >= 0.3 is 51.4 Å². The molecule has 0 radical (unpaired) electrons. The number of hydrogen-bond acceptors (Lipinski definition) is 4. The van der Waals surface area contributed by atoms with Gasteiger partial charge in [0.1, 0.15) is 5.52 Å². The molecular weight excluding hydrogens is 205 g/mol. The van der Waals surface area contributed by atoms with E-state index in [1.807, 2.05) is 0 Å². The zero-order valence-electron chi connectivity index (χ0n) is 6.37. The Morgan fingerprint density at radius 3 is 2.92 bits per heavy atom. The van der Waals surface area contributed by atoms with Gasteiger partial charge in [-0.1, -0.05) is 0 Å². The molecular formula is C5H4ClKN5+. The third kappa shape index (κ3) is 1.78. The summed E-state index contributed by atoms with van der Waals surface area (Å²) in [5.41, 5.74) is 6.60. The second-order valence-corrected chi connectivity index (χ2v) is 2.32. The number of aromatic amines is 1. The summed E-state index contributed by atoms with van der Waals surface area (Å²) in [6.07, 6.45) is 1.49. The summed E-state index contributed by atoms with van der Waals surface area (Å²) < 4.78 is 0. The van der Waals surface area contributed by atoms with Crippen molar-refractivity contribution in [3.05, 3.63) is 11.6 Å². The summed E-state index contributed by atoms with van der Waals surface area (Å²) in [7, 11) is 0. The SMILES string of the molecule is Nc1nc(Cl)nc2nc[nH]c12.[K+]. The van der Waals surface area contributed by atoms with Crippen LogP contribution in [0.5, 0.6) is 0 Å². The number of hydrogen-bond donors (Lipinski definition) is 2. The predicted molar refractivity (Wildman–Crippen MR) is 41.1 cm³/mol. The van der Waals surface area contributed by atoms with E-state index in [4.69, 9.17) is 17.3 Å². The Morgan fingerprint density at radius 2 is 2.17 bits per heavy atom. The fourth-order valence-corrected chi connectivity index (χ4v) is 0.999. The molecule has 0 unspecified atom stereocenters. The molecule has 0 atom stereocenters. The van der Waals surface area contributed by atoms with Crippen LogP contribution in [0.25, 0.3) is 11.2 Å². The molecule has 2 aromatic heterocycles. The molecule has 2 heterocycles. The molecule has 0 saturated carbocycles. The van der Waals surface area contributed by atoms with Gasteiger partial charge < -0.3 is 10.7 Å². The number of halogens is 1. The van der Waals surface area contributed by atoms with Crippen LogP contribution in [0.3, 0.4) is 0 Å². The van der Waals surface area contributed by atoms with Crippen molar-refractivity contribution >= 4 is 28.6 Å². The van der Waals surface area contributed by atoms with Crippen LogP contribution < -0.4 is 57.1 Å². The maximum atomic E-state index is 5.52. The minimum absolute atomic E-state index is 0. The molecule has 0 spiro atoms. The number of fused-ring (bicyclic) bond motifs is 1. The molecule has 5 nitrogen and oxygen atoms in total. The predicted octanol–water partition coefficient (Wildman–Crippen LogP) is -2.41. The van der Waals surface area contributed by atoms with Crippen LogP contribution in [0.4, 0.5) is 5.82 Å². The molecule has 2 aromatic rings. The molecule has 0 fully saturated rings. The van der Waals surface area contributed by atoms with E-state index >= 15 is 0 Å². The molecule has 0 amide bonds. The molecule has 0 saturated heterocycles. The molecule has 0 bridgehead atoms. The van der Waals surface area contributed by atoms with E-state index in [0.717, 1.165) is 0 Å². The van der Waals surface area contributed by atoms with E-state index in [2.05, 4.69) is 19.9 Å². The number of H-pyrrole nitrogens is 1. The number of imidazole rings is 1. The molecule has 7 heteroatoms. The van der Waals surface area contributed by atoms with Crippen molar-refractivity contribution in [2.75, 3.05) is 5.73 Å². The zero-order valence-corrected chi connectivity index (χ0v) is 10.3. The first kappa shape index (κ1) is 10.4. The first-order valence-corrected chi connectivity index (χ1v) is 3.27. The normalized spacial score (nSPS) is 9.75. The molecule has 0 aliphatic rings. The van der Waals surface area contributed by atoms with Gasteiger partial charge in [0.15, 0.2) is 11.5 Å². The van der Waals surface area contributed by atoms with Crippen LogP contribution in [0.1, 0.15) is 0 Å². The second-order valence-electron chi connectivity index (χ2n) is 1.98. The van der Waals surface area contributed by atoms with Crippen LogP contribution >= 0.6 is 11.6 Å². The Kier molecular flexibility index (Phi) is 3.44. The third-order valence-electron chi connectivity index (χ3n) is 1.29. The third-order valence-corrected chi connectivity index (χ3v) is 1.46. The van der Waals surface area contributed by atoms with Crippen LogP contribution in [0.2, 0.25) is 5.28 Å². The van der Waals surface area contributed by atoms with Crippen molar-refractivity contribution in [1.29, 1.82) is 0 Å². The average molecular weight is 209 g/mol. The number of nitrogens with one attached hydrogen (secondary N) is 1. The van der Waals surface area contributed by atoms with E-state index in [9.17, 15) is 0 Å². The van der Waals surface area contributed by atoms with Gasteiger partial charge in [-0.3, -0.25) is 0 Å². The van der Waals surface area contributed by atoms with Gasteiger partial charge in [-0.25, -0.2) is 4.98 Å². The number of anilines is 1. The van der Waals surface area contributed by atoms with Crippen molar-refractivity contribution in [3.63, 3.8) is 0 Å². The number of rotatable bonds is 0. The first-order chi connectivity index (χ1) is 5.27. The van der Waals surface area contributed by atoms with E-state index in [1.54, 1.807) is 0 Å². The van der Waals surface area contributed by atoms with Crippen LogP contribution in [0.15, 0.2) is 6.33 Å². The van der Waals surface area contributed by atoms with Crippen LogP contribution in [0, 0.1) is 0 Å². The van der Waals surface area contributed by atoms with Crippen molar-refractivity contribution in [2.24, 2.45) is 0 Å². The Balaban J connectivity index is 0.000000720. The quantitative estimate of drug-likeness (QED) is 0.374. The van der Waals surface area contributed by atoms with E-state index in [0.29, 0.717) is 17.0 Å². The summed E-state index contributed by atoms with van der Waals surface area (Å²) in [5, 5.41) is 0.113. The summed E-state index contributed by atoms with van der Waals surface area (Å²) in [6, 6.07) is 0. The fraction of sp³-hybridized carbons (Fsp3) is 0. The Labute approximate surface area is 116 Å². The Bertz CT molecular complexity index is 400. The van der Waals surface area contributed by atoms with Gasteiger partial charge in [-0.05, 0) is 11.6 Å². The molecule has 56 valence electrons. The minimum Gasteiger partial charge on any atom is -0.382 e. The first-order valence-electron chi connectivity index (χ1n) is 2.89. The molecule has 2 rings (SSSR count). The molecule has 0 aliphatic carbocycles. The maximum Gasteiger partial charge on any atom is 1.00 e. The minimum atomic E-state index is 0. The Morgan fingerprint density at radius 1 is 1.42 bits per heavy atom. The number of nitrogen functional groups attached to an aromatic ring is 1. The second kappa shape index (κ2) is 3.99. The number of nitrogens with two attached hydrogens (primary N) is 1. The summed E-state index contributed by atoms with van der Waals surface area (Å²) >= 11 is 5.52. The van der Waals surface area contributed by atoms with Crippen molar-refractivity contribution in [3.8, 4) is 0 Å². The molecule has 12 heavy (non-hydrogen) atoms. The summed E-state index contributed by atoms with van der Waals surface area (Å²) in [6.45, 7) is 0. The molecule has 0 aliphatic heterocycles. The average Bonchev–Trinajstić information content (AvgIpc) is 2.34. The smallest absolute Gasteiger partial charge is 0.382 e. The number of nitrogens with zero attached hydrogens (tertiary/aromatic N) is 3. The molecule has 0 aromatic carbocycles. The largest absolute Gasteiger partial charge is 1.00 e. The zero-order chi connectivity index (χ0) is 7.84. The number of aromatic nitrogens is 4. The monoisotopic (exact) mass is 208 g/mol. The van der Waals surface area contributed by atoms with Gasteiger partial charge in [-0.15, -0.1) is 0 Å². The fourth-order valence-electron chi connectivity index (χ4n) is 0.828. The van der Waals surface area contributed by atoms with Gasteiger partial charge in [-0.2, -0.15) is 9.97 Å². The van der Waals surface area contributed by atoms with Crippen molar-refractivity contribution in [1.82, 2.24) is 19.9 Å². The topological polar surface area (TPSA) is 80.5 Å². The van der Waals surface area contributed by atoms with Gasteiger partial charge in [0.05, 0.1) is 6.33 Å². The summed E-state index contributed by atoms with van der Waals surface area (Å²) in [4.78, 5) is 14.2. The summed E-state index contributed by atoms with van der Waals surface area (Å²) in [5.74, 6) is 0.317. The van der Waals surface area contributed by atoms with Gasteiger partial charge in [0, 0.05) is 0 Å². The van der Waals surface area contributed by atoms with Crippen molar-refractivity contribution in [2.45, 2.75) is 0 Å². The Hall–Kier alpha value is 0.276. The van der Waals surface area contributed by atoms with Gasteiger partial charge in [0.25, 0.3) is 0 Å². The van der Waals surface area contributed by atoms with E-state index < -0.39 is 0 Å². The molecule has 3 N–H and O–H groups in total.